The van der Waals surface area contributed by atoms with Gasteiger partial charge in [0.1, 0.15) is 24.4 Å². The lowest BCUT2D eigenvalue weighted by Crippen LogP contribution is -2.64. The molecule has 5 atom stereocenters. The highest BCUT2D eigenvalue weighted by molar-refractivity contribution is 5.73. The van der Waals surface area contributed by atoms with Gasteiger partial charge in [-0.15, -0.1) is 0 Å². The second-order valence-electron chi connectivity index (χ2n) is 3.67. The SMILES string of the molecule is CO[C@@H]1O[C@H](CO)[C@H](O)[C@H](O)[C@@H]1NC(C)=O. The Balaban J connectivity index is 2.77. The topological polar surface area (TPSA) is 108 Å². The molecule has 0 spiro atoms. The van der Waals surface area contributed by atoms with Crippen LogP contribution in [0, 0.1) is 0 Å². The van der Waals surface area contributed by atoms with Crippen LogP contribution in [0.1, 0.15) is 6.92 Å². The Bertz CT molecular complexity index is 246. The van der Waals surface area contributed by atoms with Crippen LogP contribution in [0.4, 0.5) is 0 Å². The van der Waals surface area contributed by atoms with Crippen LogP contribution < -0.4 is 5.32 Å². The average Bonchev–Trinajstić information content (AvgIpc) is 2.25. The van der Waals surface area contributed by atoms with E-state index in [9.17, 15) is 15.0 Å². The highest BCUT2D eigenvalue weighted by Crippen LogP contribution is 2.21. The molecule has 1 heterocycles. The number of amides is 1. The van der Waals surface area contributed by atoms with Crippen LogP contribution in [0.3, 0.4) is 0 Å². The summed E-state index contributed by atoms with van der Waals surface area (Å²) in [4.78, 5) is 10.9. The predicted molar refractivity (Wildman–Crippen MR) is 52.4 cm³/mol. The number of hydrogen-bond donors (Lipinski definition) is 4. The van der Waals surface area contributed by atoms with Gasteiger partial charge in [-0.1, -0.05) is 0 Å². The minimum atomic E-state index is -1.27. The number of carbonyl (C=O) groups is 1. The van der Waals surface area contributed by atoms with E-state index in [0.29, 0.717) is 0 Å². The lowest BCUT2D eigenvalue weighted by Gasteiger charge is -2.41. The predicted octanol–water partition coefficient (Wildman–Crippen LogP) is -2.42. The van der Waals surface area contributed by atoms with Gasteiger partial charge in [-0.05, 0) is 0 Å². The fourth-order valence-corrected chi connectivity index (χ4v) is 1.67. The van der Waals surface area contributed by atoms with Crippen LogP contribution in [0.5, 0.6) is 0 Å². The first-order chi connectivity index (χ1) is 7.51. The van der Waals surface area contributed by atoms with E-state index < -0.39 is 37.3 Å². The second kappa shape index (κ2) is 5.55. The number of nitrogens with one attached hydrogen (secondary N) is 1. The van der Waals surface area contributed by atoms with Gasteiger partial charge in [0.05, 0.1) is 6.61 Å². The van der Waals surface area contributed by atoms with Gasteiger partial charge < -0.3 is 30.1 Å². The standard InChI is InChI=1S/C9H17NO6/c1-4(12)10-6-8(14)7(13)5(3-11)16-9(6)15-2/h5-9,11,13-14H,3H2,1-2H3,(H,10,12)/t5-,6+,7+,8-,9-/m1/s1. The molecule has 1 fully saturated rings. The van der Waals surface area contributed by atoms with E-state index in [1.807, 2.05) is 0 Å². The minimum absolute atomic E-state index is 0.371. The zero-order valence-electron chi connectivity index (χ0n) is 9.16. The van der Waals surface area contributed by atoms with Crippen molar-refractivity contribution in [2.45, 2.75) is 37.6 Å². The molecule has 7 heteroatoms. The van der Waals surface area contributed by atoms with E-state index in [-0.39, 0.29) is 5.91 Å². The molecule has 0 unspecified atom stereocenters. The molecular weight excluding hydrogens is 218 g/mol. The lowest BCUT2D eigenvalue weighted by atomic mass is 9.97. The number of hydrogen-bond acceptors (Lipinski definition) is 6. The largest absolute Gasteiger partial charge is 0.394 e. The van der Waals surface area contributed by atoms with Gasteiger partial charge in [-0.3, -0.25) is 4.79 Å². The van der Waals surface area contributed by atoms with Crippen LogP contribution in [-0.4, -0.2) is 65.6 Å². The van der Waals surface area contributed by atoms with Gasteiger partial charge >= 0.3 is 0 Å². The van der Waals surface area contributed by atoms with Gasteiger partial charge in [0.15, 0.2) is 6.29 Å². The Labute approximate surface area is 93.0 Å². The van der Waals surface area contributed by atoms with Crippen LogP contribution >= 0.6 is 0 Å². The summed E-state index contributed by atoms with van der Waals surface area (Å²) in [5.74, 6) is -0.371. The summed E-state index contributed by atoms with van der Waals surface area (Å²) in [6, 6.07) is -0.861. The number of aliphatic hydroxyl groups is 3. The summed E-state index contributed by atoms with van der Waals surface area (Å²) >= 11 is 0. The smallest absolute Gasteiger partial charge is 0.217 e. The van der Waals surface area contributed by atoms with Crippen LogP contribution in [-0.2, 0) is 14.3 Å². The summed E-state index contributed by atoms with van der Waals surface area (Å²) in [7, 11) is 1.35. The van der Waals surface area contributed by atoms with Gasteiger partial charge in [0.25, 0.3) is 0 Å². The molecule has 0 aromatic carbocycles. The molecule has 1 aliphatic heterocycles. The van der Waals surface area contributed by atoms with Crippen molar-refractivity contribution in [2.24, 2.45) is 0 Å². The number of aliphatic hydroxyl groups excluding tert-OH is 3. The van der Waals surface area contributed by atoms with Crippen molar-refractivity contribution in [2.75, 3.05) is 13.7 Å². The van der Waals surface area contributed by atoms with E-state index >= 15 is 0 Å². The second-order valence-corrected chi connectivity index (χ2v) is 3.67. The highest BCUT2D eigenvalue weighted by Gasteiger charge is 2.44. The van der Waals surface area contributed by atoms with Crippen molar-refractivity contribution in [3.63, 3.8) is 0 Å². The first-order valence-corrected chi connectivity index (χ1v) is 4.93. The van der Waals surface area contributed by atoms with Gasteiger partial charge in [0.2, 0.25) is 5.91 Å². The van der Waals surface area contributed by atoms with Gasteiger partial charge in [0, 0.05) is 14.0 Å². The monoisotopic (exact) mass is 235 g/mol. The van der Waals surface area contributed by atoms with Crippen molar-refractivity contribution in [1.82, 2.24) is 5.32 Å². The molecule has 7 nitrogen and oxygen atoms in total. The number of methoxy groups -OCH3 is 1. The molecule has 0 saturated carbocycles. The van der Waals surface area contributed by atoms with E-state index in [4.69, 9.17) is 14.6 Å². The fourth-order valence-electron chi connectivity index (χ4n) is 1.67. The Kier molecular flexibility index (Phi) is 4.63. The molecule has 0 aromatic heterocycles. The molecule has 0 aromatic rings. The van der Waals surface area contributed by atoms with Crippen molar-refractivity contribution < 1.29 is 29.6 Å². The Hall–Kier alpha value is -0.730. The maximum atomic E-state index is 10.9. The first kappa shape index (κ1) is 13.3. The molecule has 94 valence electrons. The number of carbonyl (C=O) groups excluding carboxylic acids is 1. The molecule has 1 rings (SSSR count). The maximum absolute atomic E-state index is 10.9. The lowest BCUT2D eigenvalue weighted by molar-refractivity contribution is -0.262. The van der Waals surface area contributed by atoms with E-state index in [2.05, 4.69) is 5.32 Å². The van der Waals surface area contributed by atoms with Crippen molar-refractivity contribution in [1.29, 1.82) is 0 Å². The highest BCUT2D eigenvalue weighted by atomic mass is 16.7. The molecule has 4 N–H and O–H groups in total. The third-order valence-electron chi connectivity index (χ3n) is 2.48. The number of ether oxygens (including phenoxy) is 2. The molecule has 16 heavy (non-hydrogen) atoms. The molecule has 0 radical (unpaired) electrons. The molecule has 1 saturated heterocycles. The summed E-state index contributed by atoms with van der Waals surface area (Å²) in [6.07, 6.45) is -4.35. The van der Waals surface area contributed by atoms with Crippen LogP contribution in [0.15, 0.2) is 0 Å². The maximum Gasteiger partial charge on any atom is 0.217 e. The third-order valence-corrected chi connectivity index (χ3v) is 2.48. The third kappa shape index (κ3) is 2.69. The summed E-state index contributed by atoms with van der Waals surface area (Å²) in [5, 5.41) is 30.7. The zero-order chi connectivity index (χ0) is 12.3. The van der Waals surface area contributed by atoms with Gasteiger partial charge in [-0.25, -0.2) is 0 Å². The Morgan fingerprint density at radius 3 is 2.50 bits per heavy atom. The Morgan fingerprint density at radius 2 is 2.06 bits per heavy atom. The van der Waals surface area contributed by atoms with E-state index in [1.54, 1.807) is 0 Å². The quantitative estimate of drug-likeness (QED) is 0.433. The summed E-state index contributed by atoms with van der Waals surface area (Å²) in [5.41, 5.74) is 0. The first-order valence-electron chi connectivity index (χ1n) is 4.93. The zero-order valence-corrected chi connectivity index (χ0v) is 9.16. The van der Waals surface area contributed by atoms with E-state index in [1.165, 1.54) is 14.0 Å². The van der Waals surface area contributed by atoms with Crippen LogP contribution in [0.2, 0.25) is 0 Å². The van der Waals surface area contributed by atoms with Gasteiger partial charge in [-0.2, -0.15) is 0 Å². The molecule has 0 bridgehead atoms. The van der Waals surface area contributed by atoms with Crippen LogP contribution in [0.25, 0.3) is 0 Å². The van der Waals surface area contributed by atoms with E-state index in [0.717, 1.165) is 0 Å². The van der Waals surface area contributed by atoms with Crippen molar-refractivity contribution in [3.05, 3.63) is 0 Å². The molecule has 0 aliphatic carbocycles. The molecule has 1 aliphatic rings. The molecular formula is C9H17NO6. The average molecular weight is 235 g/mol. The molecule has 1 amide bonds. The summed E-state index contributed by atoms with van der Waals surface area (Å²) < 4.78 is 10.1. The normalized spacial score (nSPS) is 39.4. The van der Waals surface area contributed by atoms with Crippen molar-refractivity contribution in [3.8, 4) is 0 Å². The Morgan fingerprint density at radius 1 is 1.44 bits per heavy atom. The van der Waals surface area contributed by atoms with Crippen molar-refractivity contribution >= 4 is 5.91 Å². The number of rotatable bonds is 3. The minimum Gasteiger partial charge on any atom is -0.394 e. The fraction of sp³-hybridized carbons (Fsp3) is 0.889. The summed E-state index contributed by atoms with van der Waals surface area (Å²) in [6.45, 7) is 0.842.